The normalized spacial score (nSPS) is 24.6. The quantitative estimate of drug-likeness (QED) is 0.529. The van der Waals surface area contributed by atoms with Crippen LogP contribution in [0.4, 0.5) is 5.82 Å². The van der Waals surface area contributed by atoms with Gasteiger partial charge >= 0.3 is 0 Å². The number of carbonyl (C=O) groups is 1. The number of hydrogen-bond donors (Lipinski definition) is 3. The molecule has 0 radical (unpaired) electrons. The van der Waals surface area contributed by atoms with Gasteiger partial charge in [0.25, 0.3) is 5.95 Å². The summed E-state index contributed by atoms with van der Waals surface area (Å²) in [7, 11) is 1.54. The van der Waals surface area contributed by atoms with Gasteiger partial charge in [0.05, 0.1) is 18.7 Å². The highest BCUT2D eigenvalue weighted by molar-refractivity contribution is 5.84. The maximum absolute atomic E-state index is 11.9. The Morgan fingerprint density at radius 1 is 1.34 bits per heavy atom. The molecule has 1 aliphatic carbocycles. The number of aliphatic hydroxyl groups is 1. The number of hydrogen-bond acceptors (Lipinski definition) is 9. The minimum absolute atomic E-state index is 0.193. The third-order valence-corrected chi connectivity index (χ3v) is 5.38. The monoisotopic (exact) mass is 399 g/mol. The van der Waals surface area contributed by atoms with Crippen molar-refractivity contribution in [2.75, 3.05) is 12.4 Å². The molecular weight excluding hydrogens is 378 g/mol. The van der Waals surface area contributed by atoms with Crippen molar-refractivity contribution in [3.63, 3.8) is 0 Å². The van der Waals surface area contributed by atoms with E-state index in [0.29, 0.717) is 29.0 Å². The van der Waals surface area contributed by atoms with E-state index in [9.17, 15) is 9.90 Å². The van der Waals surface area contributed by atoms with Crippen molar-refractivity contribution in [2.24, 2.45) is 0 Å². The van der Waals surface area contributed by atoms with E-state index >= 15 is 0 Å². The van der Waals surface area contributed by atoms with Crippen LogP contribution >= 0.6 is 0 Å². The number of likely N-dealkylation sites (N-methyl/N-ethyl adjacent to an activating group) is 1. The number of aliphatic hydroxyl groups excluding tert-OH is 1. The number of nitrogens with one attached hydrogen (secondary N) is 2. The SMILES string of the molecule is CNC(=O)[C@@H]1C[C@@H](O)[C@H](n2cnc3c(NC4CCC4)nc(-n4ccnn4)nc32)O1. The molecule has 0 bridgehead atoms. The summed E-state index contributed by atoms with van der Waals surface area (Å²) in [6.45, 7) is 0. The number of ether oxygens (including phenoxy) is 1. The van der Waals surface area contributed by atoms with Gasteiger partial charge in [-0.3, -0.25) is 9.36 Å². The summed E-state index contributed by atoms with van der Waals surface area (Å²) < 4.78 is 8.90. The largest absolute Gasteiger partial charge is 0.388 e. The number of fused-ring (bicyclic) bond motifs is 1. The fraction of sp³-hybridized carbons (Fsp3) is 0.529. The van der Waals surface area contributed by atoms with Gasteiger partial charge in [0.15, 0.2) is 23.2 Å². The smallest absolute Gasteiger partial charge is 0.256 e. The number of imidazole rings is 1. The van der Waals surface area contributed by atoms with Crippen LogP contribution in [0, 0.1) is 0 Å². The van der Waals surface area contributed by atoms with Crippen molar-refractivity contribution in [3.05, 3.63) is 18.7 Å². The molecule has 2 aliphatic rings. The lowest BCUT2D eigenvalue weighted by atomic mass is 9.93. The van der Waals surface area contributed by atoms with Gasteiger partial charge in [-0.05, 0) is 19.3 Å². The van der Waals surface area contributed by atoms with Crippen molar-refractivity contribution in [1.29, 1.82) is 0 Å². The van der Waals surface area contributed by atoms with Crippen LogP contribution in [-0.2, 0) is 9.53 Å². The van der Waals surface area contributed by atoms with E-state index in [0.717, 1.165) is 12.8 Å². The van der Waals surface area contributed by atoms with E-state index in [2.05, 4.69) is 35.9 Å². The molecule has 1 aliphatic heterocycles. The Bertz CT molecular complexity index is 1030. The molecule has 1 saturated heterocycles. The summed E-state index contributed by atoms with van der Waals surface area (Å²) in [6.07, 6.45) is 5.88. The number of amides is 1. The number of rotatable bonds is 5. The lowest BCUT2D eigenvalue weighted by Gasteiger charge is -2.27. The van der Waals surface area contributed by atoms with Crippen LogP contribution in [0.15, 0.2) is 18.7 Å². The molecule has 4 heterocycles. The molecule has 3 aromatic rings. The summed E-state index contributed by atoms with van der Waals surface area (Å²) in [4.78, 5) is 25.5. The molecule has 0 spiro atoms. The second-order valence-corrected chi connectivity index (χ2v) is 7.25. The summed E-state index contributed by atoms with van der Waals surface area (Å²) in [6, 6.07) is 0.341. The van der Waals surface area contributed by atoms with Crippen LogP contribution in [0.2, 0.25) is 0 Å². The first kappa shape index (κ1) is 17.9. The number of aromatic nitrogens is 7. The molecule has 0 unspecified atom stereocenters. The molecule has 152 valence electrons. The lowest BCUT2D eigenvalue weighted by molar-refractivity contribution is -0.134. The van der Waals surface area contributed by atoms with Crippen molar-refractivity contribution in [2.45, 2.75) is 50.2 Å². The van der Waals surface area contributed by atoms with E-state index < -0.39 is 18.4 Å². The van der Waals surface area contributed by atoms with Gasteiger partial charge < -0.3 is 20.5 Å². The first-order valence-corrected chi connectivity index (χ1v) is 9.57. The van der Waals surface area contributed by atoms with E-state index in [-0.39, 0.29) is 12.3 Å². The Hall–Kier alpha value is -3.12. The van der Waals surface area contributed by atoms with Crippen molar-refractivity contribution in [1.82, 2.24) is 39.8 Å². The number of carbonyl (C=O) groups excluding carboxylic acids is 1. The second-order valence-electron chi connectivity index (χ2n) is 7.25. The standard InChI is InChI=1S/C17H21N9O3/c1-18-15(28)11-7-10(27)16(29-11)25-8-19-12-13(21-9-3-2-4-9)22-17(23-14(12)25)26-6-5-20-24-26/h5-6,8-11,16,27H,2-4,7H2,1H3,(H,18,28)(H,21,22,23)/t10-,11+,16-/m1/s1. The predicted molar refractivity (Wildman–Crippen MR) is 100 cm³/mol. The van der Waals surface area contributed by atoms with Crippen LogP contribution < -0.4 is 10.6 Å². The molecule has 29 heavy (non-hydrogen) atoms. The fourth-order valence-electron chi connectivity index (χ4n) is 3.59. The average Bonchev–Trinajstić information content (AvgIpc) is 3.43. The van der Waals surface area contributed by atoms with Crippen molar-refractivity contribution in [3.8, 4) is 5.95 Å². The Labute approximate surface area is 165 Å². The highest BCUT2D eigenvalue weighted by Crippen LogP contribution is 2.33. The number of anilines is 1. The molecule has 12 nitrogen and oxygen atoms in total. The zero-order valence-corrected chi connectivity index (χ0v) is 15.8. The van der Waals surface area contributed by atoms with Gasteiger partial charge in [0, 0.05) is 19.5 Å². The van der Waals surface area contributed by atoms with Gasteiger partial charge in [0.2, 0.25) is 5.91 Å². The minimum Gasteiger partial charge on any atom is -0.388 e. The van der Waals surface area contributed by atoms with Crippen LogP contribution in [0.3, 0.4) is 0 Å². The summed E-state index contributed by atoms with van der Waals surface area (Å²) >= 11 is 0. The van der Waals surface area contributed by atoms with Crippen LogP contribution in [-0.4, -0.2) is 70.8 Å². The average molecular weight is 399 g/mol. The van der Waals surface area contributed by atoms with Crippen molar-refractivity contribution < 1.29 is 14.6 Å². The van der Waals surface area contributed by atoms with Gasteiger partial charge in [-0.2, -0.15) is 14.6 Å². The van der Waals surface area contributed by atoms with Crippen LogP contribution in [0.1, 0.15) is 31.9 Å². The van der Waals surface area contributed by atoms with E-state index in [4.69, 9.17) is 4.74 Å². The number of nitrogens with zero attached hydrogens (tertiary/aromatic N) is 7. The summed E-state index contributed by atoms with van der Waals surface area (Å²) in [5, 5.41) is 24.3. The summed E-state index contributed by atoms with van der Waals surface area (Å²) in [5.74, 6) is 0.648. The first-order chi connectivity index (χ1) is 14.1. The van der Waals surface area contributed by atoms with Crippen LogP contribution in [0.5, 0.6) is 0 Å². The Kier molecular flexibility index (Phi) is 4.36. The first-order valence-electron chi connectivity index (χ1n) is 9.57. The molecule has 3 aromatic heterocycles. The van der Waals surface area contributed by atoms with E-state index in [1.165, 1.54) is 18.2 Å². The molecular formula is C17H21N9O3. The molecule has 2 fully saturated rings. The fourth-order valence-corrected chi connectivity index (χ4v) is 3.59. The molecule has 12 heteroatoms. The Morgan fingerprint density at radius 3 is 2.90 bits per heavy atom. The minimum atomic E-state index is -0.873. The van der Waals surface area contributed by atoms with Gasteiger partial charge in [-0.15, -0.1) is 5.10 Å². The highest BCUT2D eigenvalue weighted by Gasteiger charge is 2.39. The van der Waals surface area contributed by atoms with Crippen LogP contribution in [0.25, 0.3) is 17.1 Å². The zero-order chi connectivity index (χ0) is 20.0. The van der Waals surface area contributed by atoms with Gasteiger partial charge in [-0.1, -0.05) is 5.21 Å². The Morgan fingerprint density at radius 2 is 2.21 bits per heavy atom. The summed E-state index contributed by atoms with van der Waals surface area (Å²) in [5.41, 5.74) is 1.05. The third kappa shape index (κ3) is 3.09. The maximum Gasteiger partial charge on any atom is 0.256 e. The van der Waals surface area contributed by atoms with E-state index in [1.807, 2.05) is 0 Å². The lowest BCUT2D eigenvalue weighted by Crippen LogP contribution is -2.31. The molecule has 1 amide bonds. The Balaban J connectivity index is 1.57. The second kappa shape index (κ2) is 7.04. The third-order valence-electron chi connectivity index (χ3n) is 5.38. The van der Waals surface area contributed by atoms with Gasteiger partial charge in [-0.25, -0.2) is 4.98 Å². The molecule has 1 saturated carbocycles. The van der Waals surface area contributed by atoms with Crippen molar-refractivity contribution >= 4 is 22.9 Å². The van der Waals surface area contributed by atoms with Gasteiger partial charge in [0.1, 0.15) is 12.2 Å². The zero-order valence-electron chi connectivity index (χ0n) is 15.8. The maximum atomic E-state index is 11.9. The highest BCUT2D eigenvalue weighted by atomic mass is 16.5. The van der Waals surface area contributed by atoms with E-state index in [1.54, 1.807) is 23.3 Å². The predicted octanol–water partition coefficient (Wildman–Crippen LogP) is -0.234. The molecule has 5 rings (SSSR count). The topological polar surface area (TPSA) is 145 Å². The molecule has 3 N–H and O–H groups in total. The molecule has 0 aromatic carbocycles. The molecule has 3 atom stereocenters.